The van der Waals surface area contributed by atoms with Gasteiger partial charge in [-0.2, -0.15) is 0 Å². The summed E-state index contributed by atoms with van der Waals surface area (Å²) < 4.78 is 0. The molecule has 5 nitrogen and oxygen atoms in total. The summed E-state index contributed by atoms with van der Waals surface area (Å²) in [4.78, 5) is 24.2. The summed E-state index contributed by atoms with van der Waals surface area (Å²) in [5, 5.41) is 22.2. The number of nitrogens with one attached hydrogen (secondary N) is 1. The maximum absolute atomic E-state index is 12.4. The van der Waals surface area contributed by atoms with Crippen LogP contribution in [0.4, 0.5) is 5.69 Å². The number of benzene rings is 2. The summed E-state index contributed by atoms with van der Waals surface area (Å²) in [5.41, 5.74) is 1.99. The number of rotatable bonds is 4. The van der Waals surface area contributed by atoms with E-state index in [2.05, 4.69) is 5.32 Å². The Morgan fingerprint density at radius 1 is 1.12 bits per heavy atom. The van der Waals surface area contributed by atoms with E-state index in [-0.39, 0.29) is 12.2 Å². The highest BCUT2D eigenvalue weighted by atomic mass is 16.4. The quantitative estimate of drug-likeness (QED) is 0.754. The average Bonchev–Trinajstić information content (AvgIpc) is 2.89. The van der Waals surface area contributed by atoms with E-state index < -0.39 is 17.3 Å². The van der Waals surface area contributed by atoms with Crippen molar-refractivity contribution in [3.8, 4) is 5.75 Å². The van der Waals surface area contributed by atoms with Gasteiger partial charge in [0, 0.05) is 6.42 Å². The van der Waals surface area contributed by atoms with Crippen LogP contribution in [0, 0.1) is 12.3 Å². The highest BCUT2D eigenvalue weighted by Crippen LogP contribution is 2.40. The molecule has 0 heterocycles. The van der Waals surface area contributed by atoms with Crippen molar-refractivity contribution >= 4 is 17.6 Å². The minimum absolute atomic E-state index is 0.0255. The van der Waals surface area contributed by atoms with E-state index in [1.54, 1.807) is 18.2 Å². The molecule has 124 valence electrons. The monoisotopic (exact) mass is 325 g/mol. The lowest BCUT2D eigenvalue weighted by atomic mass is 9.81. The van der Waals surface area contributed by atoms with Crippen molar-refractivity contribution in [2.75, 3.05) is 5.32 Å². The van der Waals surface area contributed by atoms with Gasteiger partial charge in [-0.1, -0.05) is 30.3 Å². The van der Waals surface area contributed by atoms with Crippen molar-refractivity contribution in [1.29, 1.82) is 0 Å². The average molecular weight is 325 g/mol. The number of aromatic hydroxyl groups is 1. The van der Waals surface area contributed by atoms with Crippen molar-refractivity contribution in [2.45, 2.75) is 26.2 Å². The molecule has 0 atom stereocenters. The van der Waals surface area contributed by atoms with Crippen LogP contribution in [-0.4, -0.2) is 22.1 Å². The van der Waals surface area contributed by atoms with E-state index in [1.807, 2.05) is 31.2 Å². The molecule has 0 saturated heterocycles. The fourth-order valence-corrected chi connectivity index (χ4v) is 3.29. The smallest absolute Gasteiger partial charge is 0.310 e. The minimum Gasteiger partial charge on any atom is -0.506 e. The van der Waals surface area contributed by atoms with Crippen LogP contribution in [0.1, 0.15) is 23.1 Å². The van der Waals surface area contributed by atoms with Crippen LogP contribution < -0.4 is 5.32 Å². The Bertz CT molecular complexity index is 788. The molecule has 0 aliphatic heterocycles. The molecule has 0 spiro atoms. The molecule has 0 saturated carbocycles. The number of hydrogen-bond acceptors (Lipinski definition) is 3. The number of carboxylic acids is 1. The highest BCUT2D eigenvalue weighted by molar-refractivity contribution is 5.95. The predicted molar refractivity (Wildman–Crippen MR) is 90.0 cm³/mol. The Morgan fingerprint density at radius 3 is 2.29 bits per heavy atom. The third-order valence-electron chi connectivity index (χ3n) is 4.56. The van der Waals surface area contributed by atoms with Gasteiger partial charge in [0.15, 0.2) is 0 Å². The van der Waals surface area contributed by atoms with Crippen LogP contribution in [-0.2, 0) is 22.4 Å². The molecule has 2 aromatic rings. The van der Waals surface area contributed by atoms with Gasteiger partial charge < -0.3 is 15.5 Å². The van der Waals surface area contributed by atoms with Crippen molar-refractivity contribution in [3.05, 3.63) is 59.2 Å². The summed E-state index contributed by atoms with van der Waals surface area (Å²) in [6.07, 6.45) is 0.544. The molecule has 1 aliphatic carbocycles. The van der Waals surface area contributed by atoms with E-state index in [0.717, 1.165) is 16.7 Å². The molecule has 3 N–H and O–H groups in total. The van der Waals surface area contributed by atoms with Crippen LogP contribution in [0.15, 0.2) is 42.5 Å². The van der Waals surface area contributed by atoms with E-state index >= 15 is 0 Å². The lowest BCUT2D eigenvalue weighted by Crippen LogP contribution is -2.36. The summed E-state index contributed by atoms with van der Waals surface area (Å²) >= 11 is 0. The van der Waals surface area contributed by atoms with E-state index in [0.29, 0.717) is 18.5 Å². The van der Waals surface area contributed by atoms with Gasteiger partial charge in [-0.25, -0.2) is 0 Å². The number of aliphatic carboxylic acids is 1. The molecular weight excluding hydrogens is 306 g/mol. The zero-order valence-electron chi connectivity index (χ0n) is 13.4. The lowest BCUT2D eigenvalue weighted by Gasteiger charge is -2.23. The summed E-state index contributed by atoms with van der Waals surface area (Å²) in [6, 6.07) is 12.5. The number of hydrogen-bond donors (Lipinski definition) is 3. The molecule has 0 unspecified atom stereocenters. The van der Waals surface area contributed by atoms with Gasteiger partial charge in [0.05, 0.1) is 11.1 Å². The highest BCUT2D eigenvalue weighted by Gasteiger charge is 2.45. The molecule has 5 heteroatoms. The first-order valence-corrected chi connectivity index (χ1v) is 7.79. The minimum atomic E-state index is -1.13. The van der Waals surface area contributed by atoms with Crippen LogP contribution in [0.25, 0.3) is 0 Å². The molecule has 0 radical (unpaired) electrons. The number of phenols is 1. The molecule has 3 rings (SSSR count). The molecule has 24 heavy (non-hydrogen) atoms. The van der Waals surface area contributed by atoms with Crippen LogP contribution in [0.5, 0.6) is 5.75 Å². The lowest BCUT2D eigenvalue weighted by molar-refractivity contribution is -0.150. The predicted octanol–water partition coefficient (Wildman–Crippen LogP) is 2.90. The van der Waals surface area contributed by atoms with Gasteiger partial charge in [-0.15, -0.1) is 0 Å². The van der Waals surface area contributed by atoms with Gasteiger partial charge in [0.2, 0.25) is 5.91 Å². The molecular formula is C19H19NO4. The fourth-order valence-electron chi connectivity index (χ4n) is 3.29. The standard InChI is InChI=1S/C19H19NO4/c1-12-6-7-15(16(21)8-12)20-17(22)11-19(18(23)24)9-13-4-2-3-5-14(13)10-19/h2-8,21H,9-11H2,1H3,(H,20,22)(H,23,24). The number of aryl methyl sites for hydroxylation is 1. The molecule has 2 aromatic carbocycles. The maximum atomic E-state index is 12.4. The first kappa shape index (κ1) is 16.1. The zero-order valence-corrected chi connectivity index (χ0v) is 13.4. The number of carboxylic acid groups (broad SMARTS) is 1. The first-order chi connectivity index (χ1) is 11.4. The first-order valence-electron chi connectivity index (χ1n) is 7.79. The third kappa shape index (κ3) is 2.97. The second kappa shape index (κ2) is 6.00. The van der Waals surface area contributed by atoms with Gasteiger partial charge >= 0.3 is 5.97 Å². The zero-order chi connectivity index (χ0) is 17.3. The Labute approximate surface area is 139 Å². The van der Waals surface area contributed by atoms with Gasteiger partial charge in [-0.05, 0) is 48.6 Å². The third-order valence-corrected chi connectivity index (χ3v) is 4.56. The number of amides is 1. The second-order valence-electron chi connectivity index (χ2n) is 6.45. The summed E-state index contributed by atoms with van der Waals surface area (Å²) in [5.74, 6) is -1.41. The molecule has 0 bridgehead atoms. The van der Waals surface area contributed by atoms with E-state index in [9.17, 15) is 19.8 Å². The number of carbonyl (C=O) groups is 2. The summed E-state index contributed by atoms with van der Waals surface area (Å²) in [7, 11) is 0. The largest absolute Gasteiger partial charge is 0.506 e. The Morgan fingerprint density at radius 2 is 1.75 bits per heavy atom. The topological polar surface area (TPSA) is 86.6 Å². The molecule has 0 fully saturated rings. The van der Waals surface area contributed by atoms with Gasteiger partial charge in [0.1, 0.15) is 5.75 Å². The maximum Gasteiger partial charge on any atom is 0.310 e. The van der Waals surface area contributed by atoms with Crippen LogP contribution in [0.3, 0.4) is 0 Å². The Kier molecular flexibility index (Phi) is 4.01. The number of phenolic OH excluding ortho intramolecular Hbond substituents is 1. The van der Waals surface area contributed by atoms with Crippen molar-refractivity contribution < 1.29 is 19.8 Å². The fraction of sp³-hybridized carbons (Fsp3) is 0.263. The number of fused-ring (bicyclic) bond motifs is 1. The second-order valence-corrected chi connectivity index (χ2v) is 6.45. The van der Waals surface area contributed by atoms with Crippen molar-refractivity contribution in [2.24, 2.45) is 5.41 Å². The molecule has 0 aromatic heterocycles. The molecule has 1 aliphatic rings. The SMILES string of the molecule is Cc1ccc(NC(=O)CC2(C(=O)O)Cc3ccccc3C2)c(O)c1. The molecule has 1 amide bonds. The Hall–Kier alpha value is -2.82. The summed E-state index contributed by atoms with van der Waals surface area (Å²) in [6.45, 7) is 1.83. The van der Waals surface area contributed by atoms with Gasteiger partial charge in [0.25, 0.3) is 0 Å². The van der Waals surface area contributed by atoms with Crippen LogP contribution in [0.2, 0.25) is 0 Å². The van der Waals surface area contributed by atoms with Crippen LogP contribution >= 0.6 is 0 Å². The van der Waals surface area contributed by atoms with Gasteiger partial charge in [-0.3, -0.25) is 9.59 Å². The van der Waals surface area contributed by atoms with E-state index in [4.69, 9.17) is 0 Å². The van der Waals surface area contributed by atoms with Crippen molar-refractivity contribution in [3.63, 3.8) is 0 Å². The van der Waals surface area contributed by atoms with E-state index in [1.165, 1.54) is 0 Å². The number of anilines is 1. The normalized spacial score (nSPS) is 14.9. The number of carbonyl (C=O) groups excluding carboxylic acids is 1. The van der Waals surface area contributed by atoms with Crippen molar-refractivity contribution in [1.82, 2.24) is 0 Å². The Balaban J connectivity index is 1.78.